The van der Waals surface area contributed by atoms with Gasteiger partial charge in [0.05, 0.1) is 27.5 Å². The lowest BCUT2D eigenvalue weighted by molar-refractivity contribution is 0.396. The Morgan fingerprint density at radius 1 is 0.957 bits per heavy atom. The summed E-state index contributed by atoms with van der Waals surface area (Å²) in [7, 11) is 4.59. The van der Waals surface area contributed by atoms with Crippen LogP contribution in [0, 0.1) is 0 Å². The molecule has 6 nitrogen and oxygen atoms in total. The maximum atomic E-state index is 12.4. The number of benzene rings is 1. The average molecular weight is 313 g/mol. The predicted molar refractivity (Wildman–Crippen MR) is 85.4 cm³/mol. The SMILES string of the molecule is COc1ccc(-c2cc(=O)c3c(OC)cc(OC)cc3o2)nc1. The van der Waals surface area contributed by atoms with E-state index in [1.807, 2.05) is 0 Å². The fraction of sp³-hybridized carbons (Fsp3) is 0.176. The van der Waals surface area contributed by atoms with E-state index in [1.54, 1.807) is 37.6 Å². The molecule has 3 aromatic rings. The third-order valence-corrected chi connectivity index (χ3v) is 3.45. The molecule has 0 radical (unpaired) electrons. The van der Waals surface area contributed by atoms with Crippen LogP contribution in [0.4, 0.5) is 0 Å². The highest BCUT2D eigenvalue weighted by atomic mass is 16.5. The van der Waals surface area contributed by atoms with E-state index in [0.717, 1.165) is 0 Å². The van der Waals surface area contributed by atoms with Crippen molar-refractivity contribution in [2.24, 2.45) is 0 Å². The minimum Gasteiger partial charge on any atom is -0.496 e. The number of aromatic nitrogens is 1. The Kier molecular flexibility index (Phi) is 3.89. The fourth-order valence-electron chi connectivity index (χ4n) is 2.28. The molecule has 23 heavy (non-hydrogen) atoms. The Morgan fingerprint density at radius 3 is 2.35 bits per heavy atom. The van der Waals surface area contributed by atoms with Crippen LogP contribution < -0.4 is 19.6 Å². The highest BCUT2D eigenvalue weighted by molar-refractivity contribution is 5.86. The molecule has 118 valence electrons. The van der Waals surface area contributed by atoms with Gasteiger partial charge in [-0.2, -0.15) is 0 Å². The second kappa shape index (κ2) is 6.00. The maximum absolute atomic E-state index is 12.4. The number of fused-ring (bicyclic) bond motifs is 1. The molecule has 0 saturated carbocycles. The van der Waals surface area contributed by atoms with Crippen molar-refractivity contribution >= 4 is 11.0 Å². The standard InChI is InChI=1S/C17H15NO5/c1-20-10-4-5-12(18-9-10)14-8-13(19)17-15(22-3)6-11(21-2)7-16(17)23-14/h4-9H,1-3H3. The zero-order chi connectivity index (χ0) is 16.4. The molecule has 0 bridgehead atoms. The fourth-order valence-corrected chi connectivity index (χ4v) is 2.28. The molecule has 6 heteroatoms. The van der Waals surface area contributed by atoms with Gasteiger partial charge in [0, 0.05) is 18.2 Å². The second-order valence-corrected chi connectivity index (χ2v) is 4.76. The van der Waals surface area contributed by atoms with Crippen molar-refractivity contribution in [2.45, 2.75) is 0 Å². The monoisotopic (exact) mass is 313 g/mol. The first-order valence-corrected chi connectivity index (χ1v) is 6.86. The van der Waals surface area contributed by atoms with Crippen molar-refractivity contribution < 1.29 is 18.6 Å². The summed E-state index contributed by atoms with van der Waals surface area (Å²) in [6.07, 6.45) is 1.56. The van der Waals surface area contributed by atoms with Crippen LogP contribution in [0.1, 0.15) is 0 Å². The Balaban J connectivity index is 2.21. The summed E-state index contributed by atoms with van der Waals surface area (Å²) in [4.78, 5) is 16.7. The van der Waals surface area contributed by atoms with Crippen LogP contribution in [0.5, 0.6) is 17.2 Å². The van der Waals surface area contributed by atoms with Gasteiger partial charge >= 0.3 is 0 Å². The van der Waals surface area contributed by atoms with Crippen LogP contribution in [0.15, 0.2) is 45.7 Å². The minimum atomic E-state index is -0.210. The number of rotatable bonds is 4. The molecule has 0 unspecified atom stereocenters. The molecule has 0 aliphatic heterocycles. The van der Waals surface area contributed by atoms with Gasteiger partial charge in [-0.1, -0.05) is 0 Å². The summed E-state index contributed by atoms with van der Waals surface area (Å²) in [5, 5.41) is 0.366. The number of methoxy groups -OCH3 is 3. The smallest absolute Gasteiger partial charge is 0.197 e. The van der Waals surface area contributed by atoms with E-state index in [0.29, 0.717) is 39.7 Å². The summed E-state index contributed by atoms with van der Waals surface area (Å²) in [6.45, 7) is 0. The molecule has 2 aromatic heterocycles. The molecule has 0 spiro atoms. The highest BCUT2D eigenvalue weighted by Gasteiger charge is 2.14. The van der Waals surface area contributed by atoms with Crippen LogP contribution in [-0.4, -0.2) is 26.3 Å². The van der Waals surface area contributed by atoms with Crippen molar-refractivity contribution in [3.8, 4) is 28.7 Å². The van der Waals surface area contributed by atoms with Gasteiger partial charge in [-0.25, -0.2) is 4.98 Å². The summed E-state index contributed by atoms with van der Waals surface area (Å²) in [6, 6.07) is 8.15. The molecular weight excluding hydrogens is 298 g/mol. The molecule has 0 saturated heterocycles. The summed E-state index contributed by atoms with van der Waals surface area (Å²) in [5.74, 6) is 1.93. The first kappa shape index (κ1) is 14.9. The third kappa shape index (κ3) is 2.70. The molecule has 0 atom stereocenters. The molecule has 0 amide bonds. The average Bonchev–Trinajstić information content (AvgIpc) is 2.60. The Morgan fingerprint density at radius 2 is 1.74 bits per heavy atom. The molecule has 0 aliphatic rings. The molecule has 0 aliphatic carbocycles. The first-order chi connectivity index (χ1) is 11.2. The lowest BCUT2D eigenvalue weighted by Crippen LogP contribution is -2.03. The largest absolute Gasteiger partial charge is 0.496 e. The van der Waals surface area contributed by atoms with Gasteiger partial charge in [0.25, 0.3) is 0 Å². The summed E-state index contributed by atoms with van der Waals surface area (Å²) < 4.78 is 21.4. The van der Waals surface area contributed by atoms with Crippen molar-refractivity contribution in [3.05, 3.63) is 46.8 Å². The lowest BCUT2D eigenvalue weighted by Gasteiger charge is -2.09. The number of hydrogen-bond acceptors (Lipinski definition) is 6. The molecule has 3 rings (SSSR count). The zero-order valence-corrected chi connectivity index (χ0v) is 13.0. The Hall–Kier alpha value is -3.02. The van der Waals surface area contributed by atoms with Crippen molar-refractivity contribution in [3.63, 3.8) is 0 Å². The quantitative estimate of drug-likeness (QED) is 0.737. The minimum absolute atomic E-state index is 0.210. The second-order valence-electron chi connectivity index (χ2n) is 4.76. The van der Waals surface area contributed by atoms with E-state index < -0.39 is 0 Å². The van der Waals surface area contributed by atoms with Gasteiger partial charge in [-0.15, -0.1) is 0 Å². The van der Waals surface area contributed by atoms with Crippen molar-refractivity contribution in [1.82, 2.24) is 4.98 Å². The molecule has 0 fully saturated rings. The third-order valence-electron chi connectivity index (χ3n) is 3.45. The summed E-state index contributed by atoms with van der Waals surface area (Å²) >= 11 is 0. The van der Waals surface area contributed by atoms with Gasteiger partial charge < -0.3 is 18.6 Å². The lowest BCUT2D eigenvalue weighted by atomic mass is 10.1. The van der Waals surface area contributed by atoms with Crippen LogP contribution in [0.2, 0.25) is 0 Å². The molecule has 2 heterocycles. The van der Waals surface area contributed by atoms with E-state index in [1.165, 1.54) is 20.3 Å². The topological polar surface area (TPSA) is 70.8 Å². The Labute approximate surface area is 132 Å². The zero-order valence-electron chi connectivity index (χ0n) is 13.0. The van der Waals surface area contributed by atoms with Gasteiger partial charge in [0.1, 0.15) is 33.9 Å². The van der Waals surface area contributed by atoms with E-state index >= 15 is 0 Å². The van der Waals surface area contributed by atoms with E-state index in [9.17, 15) is 4.79 Å². The van der Waals surface area contributed by atoms with E-state index in [-0.39, 0.29) is 5.43 Å². The number of nitrogens with zero attached hydrogens (tertiary/aromatic N) is 1. The number of hydrogen-bond donors (Lipinski definition) is 0. The first-order valence-electron chi connectivity index (χ1n) is 6.86. The Bertz CT molecular complexity index is 899. The van der Waals surface area contributed by atoms with E-state index in [4.69, 9.17) is 18.6 Å². The number of ether oxygens (including phenoxy) is 3. The van der Waals surface area contributed by atoms with Crippen molar-refractivity contribution in [1.29, 1.82) is 0 Å². The van der Waals surface area contributed by atoms with E-state index in [2.05, 4.69) is 4.98 Å². The van der Waals surface area contributed by atoms with Crippen LogP contribution in [0.3, 0.4) is 0 Å². The van der Waals surface area contributed by atoms with Crippen LogP contribution in [0.25, 0.3) is 22.4 Å². The normalized spacial score (nSPS) is 10.6. The van der Waals surface area contributed by atoms with Gasteiger partial charge in [0.2, 0.25) is 0 Å². The van der Waals surface area contributed by atoms with Crippen LogP contribution in [-0.2, 0) is 0 Å². The van der Waals surface area contributed by atoms with Crippen LogP contribution >= 0.6 is 0 Å². The predicted octanol–water partition coefficient (Wildman–Crippen LogP) is 2.88. The van der Waals surface area contributed by atoms with Gasteiger partial charge in [-0.3, -0.25) is 4.79 Å². The molecule has 1 aromatic carbocycles. The van der Waals surface area contributed by atoms with Gasteiger partial charge in [-0.05, 0) is 12.1 Å². The van der Waals surface area contributed by atoms with Crippen molar-refractivity contribution in [2.75, 3.05) is 21.3 Å². The van der Waals surface area contributed by atoms with Gasteiger partial charge in [0.15, 0.2) is 11.2 Å². The molecular formula is C17H15NO5. The summed E-state index contributed by atoms with van der Waals surface area (Å²) in [5.41, 5.74) is 0.700. The maximum Gasteiger partial charge on any atom is 0.197 e. The molecule has 0 N–H and O–H groups in total. The number of pyridine rings is 1. The highest BCUT2D eigenvalue weighted by Crippen LogP contribution is 2.31.